The van der Waals surface area contributed by atoms with Crippen molar-refractivity contribution in [2.24, 2.45) is 0 Å². The second kappa shape index (κ2) is 3.17. The highest BCUT2D eigenvalue weighted by Crippen LogP contribution is 2.41. The zero-order valence-electron chi connectivity index (χ0n) is 8.35. The zero-order chi connectivity index (χ0) is 10.5. The number of rotatable bonds is 0. The summed E-state index contributed by atoms with van der Waals surface area (Å²) in [5, 5.41) is 10.0. The van der Waals surface area contributed by atoms with E-state index in [0.717, 1.165) is 6.42 Å². The summed E-state index contributed by atoms with van der Waals surface area (Å²) in [5.74, 6) is -0.521. The lowest BCUT2D eigenvalue weighted by Gasteiger charge is -2.34. The minimum atomic E-state index is -1.33. The second-order valence-corrected chi connectivity index (χ2v) is 4.48. The van der Waals surface area contributed by atoms with Crippen molar-refractivity contribution in [2.45, 2.75) is 43.2 Å². The molecule has 3 rings (SSSR count). The summed E-state index contributed by atoms with van der Waals surface area (Å²) in [4.78, 5) is 11.4. The normalized spacial score (nSPS) is 49.4. The molecule has 5 nitrogen and oxygen atoms in total. The van der Waals surface area contributed by atoms with Crippen LogP contribution in [-0.4, -0.2) is 48.2 Å². The standard InChI is InChI=1S/C10H14O5/c11-9-10(12)4-6-8(7(5-10)15-9)14-3-1-2-13-6/h6-8,12H,1-5H2/t6-,7-,8-,10+/m1/s1. The van der Waals surface area contributed by atoms with E-state index in [9.17, 15) is 9.90 Å². The summed E-state index contributed by atoms with van der Waals surface area (Å²) < 4.78 is 16.3. The Balaban J connectivity index is 1.87. The van der Waals surface area contributed by atoms with Crippen molar-refractivity contribution in [1.29, 1.82) is 0 Å². The Labute approximate surface area is 87.3 Å². The van der Waals surface area contributed by atoms with Crippen LogP contribution in [0.15, 0.2) is 0 Å². The van der Waals surface area contributed by atoms with Crippen LogP contribution in [0.2, 0.25) is 0 Å². The molecular formula is C10H14O5. The van der Waals surface area contributed by atoms with Crippen molar-refractivity contribution in [3.8, 4) is 0 Å². The highest BCUT2D eigenvalue weighted by Gasteiger charge is 2.58. The van der Waals surface area contributed by atoms with Gasteiger partial charge in [0.1, 0.15) is 12.2 Å². The molecule has 2 saturated heterocycles. The lowest BCUT2D eigenvalue weighted by molar-refractivity contribution is -0.155. The predicted octanol–water partition coefficient (Wildman–Crippen LogP) is -0.389. The van der Waals surface area contributed by atoms with E-state index in [1.54, 1.807) is 0 Å². The van der Waals surface area contributed by atoms with Crippen molar-refractivity contribution < 1.29 is 24.1 Å². The molecule has 0 aromatic carbocycles. The third kappa shape index (κ3) is 1.38. The minimum absolute atomic E-state index is 0.195. The maximum atomic E-state index is 11.4. The molecule has 1 saturated carbocycles. The third-order valence-corrected chi connectivity index (χ3v) is 3.38. The van der Waals surface area contributed by atoms with Crippen LogP contribution in [0.4, 0.5) is 0 Å². The predicted molar refractivity (Wildman–Crippen MR) is 48.2 cm³/mol. The van der Waals surface area contributed by atoms with Gasteiger partial charge in [-0.1, -0.05) is 0 Å². The van der Waals surface area contributed by atoms with Gasteiger partial charge in [0, 0.05) is 26.1 Å². The van der Waals surface area contributed by atoms with Crippen molar-refractivity contribution in [3.05, 3.63) is 0 Å². The summed E-state index contributed by atoms with van der Waals surface area (Å²) in [7, 11) is 0. The molecule has 84 valence electrons. The maximum Gasteiger partial charge on any atom is 0.338 e. The fraction of sp³-hybridized carbons (Fsp3) is 0.900. The molecule has 3 fully saturated rings. The highest BCUT2D eigenvalue weighted by molar-refractivity contribution is 5.82. The highest BCUT2D eigenvalue weighted by atomic mass is 16.6. The lowest BCUT2D eigenvalue weighted by atomic mass is 9.82. The average molecular weight is 214 g/mol. The minimum Gasteiger partial charge on any atom is -0.457 e. The molecule has 0 amide bonds. The largest absolute Gasteiger partial charge is 0.457 e. The molecular weight excluding hydrogens is 200 g/mol. The van der Waals surface area contributed by atoms with E-state index in [2.05, 4.69) is 0 Å². The van der Waals surface area contributed by atoms with Crippen LogP contribution < -0.4 is 0 Å². The molecule has 1 N–H and O–H groups in total. The number of aliphatic hydroxyl groups is 1. The first kappa shape index (κ1) is 9.57. The second-order valence-electron chi connectivity index (χ2n) is 4.48. The van der Waals surface area contributed by atoms with Crippen LogP contribution >= 0.6 is 0 Å². The molecule has 3 aliphatic rings. The quantitative estimate of drug-likeness (QED) is 0.556. The van der Waals surface area contributed by atoms with Gasteiger partial charge in [0.25, 0.3) is 0 Å². The number of carbonyl (C=O) groups is 1. The summed E-state index contributed by atoms with van der Waals surface area (Å²) in [5.41, 5.74) is -1.33. The molecule has 2 bridgehead atoms. The van der Waals surface area contributed by atoms with E-state index in [4.69, 9.17) is 14.2 Å². The van der Waals surface area contributed by atoms with Crippen LogP contribution in [-0.2, 0) is 19.0 Å². The number of hydrogen-bond donors (Lipinski definition) is 1. The Morgan fingerprint density at radius 3 is 2.80 bits per heavy atom. The molecule has 0 spiro atoms. The van der Waals surface area contributed by atoms with Gasteiger partial charge < -0.3 is 19.3 Å². The van der Waals surface area contributed by atoms with E-state index in [1.807, 2.05) is 0 Å². The summed E-state index contributed by atoms with van der Waals surface area (Å²) in [6, 6.07) is 0. The number of fused-ring (bicyclic) bond motifs is 4. The van der Waals surface area contributed by atoms with E-state index in [1.165, 1.54) is 0 Å². The van der Waals surface area contributed by atoms with Gasteiger partial charge in [-0.15, -0.1) is 0 Å². The van der Waals surface area contributed by atoms with Crippen LogP contribution in [0.25, 0.3) is 0 Å². The van der Waals surface area contributed by atoms with Crippen molar-refractivity contribution in [1.82, 2.24) is 0 Å². The molecule has 0 unspecified atom stereocenters. The first-order valence-electron chi connectivity index (χ1n) is 5.36. The molecule has 2 aliphatic heterocycles. The Kier molecular flexibility index (Phi) is 2.02. The van der Waals surface area contributed by atoms with Gasteiger partial charge in [-0.25, -0.2) is 4.79 Å². The summed E-state index contributed by atoms with van der Waals surface area (Å²) in [6.07, 6.45) is 0.761. The number of carbonyl (C=O) groups excluding carboxylic acids is 1. The van der Waals surface area contributed by atoms with Gasteiger partial charge in [-0.3, -0.25) is 0 Å². The van der Waals surface area contributed by atoms with Crippen LogP contribution in [0.1, 0.15) is 19.3 Å². The zero-order valence-corrected chi connectivity index (χ0v) is 8.35. The van der Waals surface area contributed by atoms with Crippen LogP contribution in [0.5, 0.6) is 0 Å². The lowest BCUT2D eigenvalue weighted by Crippen LogP contribution is -2.50. The molecule has 4 atom stereocenters. The van der Waals surface area contributed by atoms with Gasteiger partial charge in [-0.2, -0.15) is 0 Å². The Bertz CT molecular complexity index is 292. The smallest absolute Gasteiger partial charge is 0.338 e. The number of ether oxygens (including phenoxy) is 3. The number of esters is 1. The van der Waals surface area contributed by atoms with Crippen molar-refractivity contribution >= 4 is 5.97 Å². The molecule has 15 heavy (non-hydrogen) atoms. The van der Waals surface area contributed by atoms with Gasteiger partial charge in [0.15, 0.2) is 5.60 Å². The van der Waals surface area contributed by atoms with E-state index >= 15 is 0 Å². The van der Waals surface area contributed by atoms with Crippen LogP contribution in [0.3, 0.4) is 0 Å². The molecule has 1 aliphatic carbocycles. The topological polar surface area (TPSA) is 65.0 Å². The first-order chi connectivity index (χ1) is 7.19. The fourth-order valence-electron chi connectivity index (χ4n) is 2.62. The Hall–Kier alpha value is -0.650. The van der Waals surface area contributed by atoms with Gasteiger partial charge in [0.2, 0.25) is 0 Å². The van der Waals surface area contributed by atoms with Gasteiger partial charge in [-0.05, 0) is 6.42 Å². The van der Waals surface area contributed by atoms with E-state index < -0.39 is 11.6 Å². The maximum absolute atomic E-state index is 11.4. The fourth-order valence-corrected chi connectivity index (χ4v) is 2.62. The van der Waals surface area contributed by atoms with Crippen molar-refractivity contribution in [2.75, 3.05) is 13.2 Å². The SMILES string of the molecule is O=C1O[C@@H]2C[C@@]1(O)C[C@H]1OCCCO[C@H]12. The van der Waals surface area contributed by atoms with Crippen LogP contribution in [0, 0.1) is 0 Å². The van der Waals surface area contributed by atoms with Crippen molar-refractivity contribution in [3.63, 3.8) is 0 Å². The molecule has 5 heteroatoms. The van der Waals surface area contributed by atoms with E-state index in [-0.39, 0.29) is 18.3 Å². The van der Waals surface area contributed by atoms with Gasteiger partial charge in [0.05, 0.1) is 6.10 Å². The third-order valence-electron chi connectivity index (χ3n) is 3.38. The Morgan fingerprint density at radius 1 is 1.20 bits per heavy atom. The molecule has 2 heterocycles. The van der Waals surface area contributed by atoms with Gasteiger partial charge >= 0.3 is 5.97 Å². The monoisotopic (exact) mass is 214 g/mol. The molecule has 0 radical (unpaired) electrons. The summed E-state index contributed by atoms with van der Waals surface area (Å²) in [6.45, 7) is 1.26. The summed E-state index contributed by atoms with van der Waals surface area (Å²) >= 11 is 0. The molecule has 0 aromatic heterocycles. The average Bonchev–Trinajstić information content (AvgIpc) is 2.40. The van der Waals surface area contributed by atoms with E-state index in [0.29, 0.717) is 26.1 Å². The first-order valence-corrected chi connectivity index (χ1v) is 5.36. The Morgan fingerprint density at radius 2 is 1.93 bits per heavy atom. The number of hydrogen-bond acceptors (Lipinski definition) is 5. The molecule has 0 aromatic rings.